The Morgan fingerprint density at radius 2 is 1.86 bits per heavy atom. The number of halogens is 1. The minimum absolute atomic E-state index is 0.277. The number of hydrogen-bond acceptors (Lipinski definition) is 4. The van der Waals surface area contributed by atoms with Gasteiger partial charge in [-0.15, -0.1) is 0 Å². The first-order valence-corrected chi connectivity index (χ1v) is 8.34. The van der Waals surface area contributed by atoms with Crippen LogP contribution in [0.4, 0.5) is 10.1 Å². The minimum atomic E-state index is -3.86. The van der Waals surface area contributed by atoms with Crippen molar-refractivity contribution in [3.05, 3.63) is 23.5 Å². The second kappa shape index (κ2) is 7.20. The zero-order valence-corrected chi connectivity index (χ0v) is 13.9. The van der Waals surface area contributed by atoms with Crippen molar-refractivity contribution in [3.63, 3.8) is 0 Å². The molecular formula is C14H24FN3O2S. The van der Waals surface area contributed by atoms with Crippen molar-refractivity contribution in [2.45, 2.75) is 25.2 Å². The number of nitrogens with two attached hydrogens (primary N) is 1. The smallest absolute Gasteiger partial charge is 0.246 e. The third-order valence-corrected chi connectivity index (χ3v) is 5.29. The predicted molar refractivity (Wildman–Crippen MR) is 83.2 cm³/mol. The summed E-state index contributed by atoms with van der Waals surface area (Å²) in [5.74, 6) is -0.757. The summed E-state index contributed by atoms with van der Waals surface area (Å²) in [7, 11) is -0.0157. The van der Waals surface area contributed by atoms with Crippen molar-refractivity contribution in [3.8, 4) is 0 Å². The van der Waals surface area contributed by atoms with Crippen LogP contribution in [0.3, 0.4) is 0 Å². The summed E-state index contributed by atoms with van der Waals surface area (Å²) in [5.41, 5.74) is 6.52. The third-order valence-electron chi connectivity index (χ3n) is 3.30. The van der Waals surface area contributed by atoms with Crippen molar-refractivity contribution in [2.75, 3.05) is 39.5 Å². The van der Waals surface area contributed by atoms with E-state index >= 15 is 0 Å². The van der Waals surface area contributed by atoms with Crippen LogP contribution >= 0.6 is 0 Å². The highest BCUT2D eigenvalue weighted by Gasteiger charge is 2.26. The molecule has 0 spiro atoms. The number of nitrogen functional groups attached to an aromatic ring is 1. The fraction of sp³-hybridized carbons (Fsp3) is 0.571. The summed E-state index contributed by atoms with van der Waals surface area (Å²) in [4.78, 5) is 1.63. The molecular weight excluding hydrogens is 293 g/mol. The zero-order valence-electron chi connectivity index (χ0n) is 13.1. The van der Waals surface area contributed by atoms with Crippen LogP contribution in [0.15, 0.2) is 17.0 Å². The van der Waals surface area contributed by atoms with Gasteiger partial charge in [0.25, 0.3) is 0 Å². The molecule has 0 saturated carbocycles. The van der Waals surface area contributed by atoms with E-state index in [0.29, 0.717) is 25.1 Å². The highest BCUT2D eigenvalue weighted by Crippen LogP contribution is 2.24. The van der Waals surface area contributed by atoms with Gasteiger partial charge in [0.05, 0.1) is 0 Å². The molecule has 0 saturated heterocycles. The average Bonchev–Trinajstić information content (AvgIpc) is 2.38. The molecule has 0 aliphatic carbocycles. The second-order valence-electron chi connectivity index (χ2n) is 5.29. The molecule has 0 amide bonds. The summed E-state index contributed by atoms with van der Waals surface area (Å²) in [6.07, 6.45) is 0.684. The van der Waals surface area contributed by atoms with Crippen molar-refractivity contribution in [1.29, 1.82) is 0 Å². The number of benzene rings is 1. The van der Waals surface area contributed by atoms with Gasteiger partial charge in [-0.05, 0) is 51.7 Å². The van der Waals surface area contributed by atoms with Gasteiger partial charge in [0.2, 0.25) is 10.0 Å². The first-order valence-electron chi connectivity index (χ1n) is 6.90. The number of nitrogens with zero attached hydrogens (tertiary/aromatic N) is 2. The lowest BCUT2D eigenvalue weighted by Crippen LogP contribution is -2.34. The van der Waals surface area contributed by atoms with Gasteiger partial charge in [0, 0.05) is 18.8 Å². The molecule has 0 aliphatic rings. The van der Waals surface area contributed by atoms with Crippen LogP contribution < -0.4 is 5.73 Å². The Morgan fingerprint density at radius 1 is 1.24 bits per heavy atom. The van der Waals surface area contributed by atoms with Crippen LogP contribution in [0.25, 0.3) is 0 Å². The maximum absolute atomic E-state index is 14.0. The standard InChI is InChI=1S/C14H24FN3O2S/c1-5-18(8-6-7-17(3)4)21(19,20)14-10-13(16)11(2)9-12(14)15/h9-10H,5-8,16H2,1-4H3. The van der Waals surface area contributed by atoms with Crippen LogP contribution in [0.5, 0.6) is 0 Å². The Kier molecular flexibility index (Phi) is 6.12. The van der Waals surface area contributed by atoms with E-state index in [4.69, 9.17) is 5.73 Å². The molecule has 0 fully saturated rings. The Hall–Kier alpha value is -1.18. The lowest BCUT2D eigenvalue weighted by molar-refractivity contribution is 0.355. The van der Waals surface area contributed by atoms with Crippen LogP contribution in [-0.2, 0) is 10.0 Å². The van der Waals surface area contributed by atoms with E-state index in [2.05, 4.69) is 0 Å². The van der Waals surface area contributed by atoms with Gasteiger partial charge in [-0.25, -0.2) is 12.8 Å². The maximum Gasteiger partial charge on any atom is 0.246 e. The number of sulfonamides is 1. The van der Waals surface area contributed by atoms with Crippen LogP contribution in [0, 0.1) is 12.7 Å². The number of hydrogen-bond donors (Lipinski definition) is 1. The molecule has 0 aliphatic heterocycles. The Bertz CT molecular complexity index is 588. The van der Waals surface area contributed by atoms with Gasteiger partial charge in [-0.3, -0.25) is 0 Å². The molecule has 5 nitrogen and oxygen atoms in total. The molecule has 1 rings (SSSR count). The minimum Gasteiger partial charge on any atom is -0.398 e. The summed E-state index contributed by atoms with van der Waals surface area (Å²) < 4.78 is 40.4. The molecule has 1 aromatic rings. The molecule has 1 aromatic carbocycles. The average molecular weight is 317 g/mol. The molecule has 0 atom stereocenters. The molecule has 2 N–H and O–H groups in total. The van der Waals surface area contributed by atoms with E-state index in [9.17, 15) is 12.8 Å². The monoisotopic (exact) mass is 317 g/mol. The van der Waals surface area contributed by atoms with Crippen molar-refractivity contribution < 1.29 is 12.8 Å². The van der Waals surface area contributed by atoms with Gasteiger partial charge in [-0.1, -0.05) is 6.92 Å². The van der Waals surface area contributed by atoms with E-state index < -0.39 is 15.8 Å². The summed E-state index contributed by atoms with van der Waals surface area (Å²) in [6, 6.07) is 2.37. The molecule has 0 heterocycles. The lowest BCUT2D eigenvalue weighted by Gasteiger charge is -2.22. The fourth-order valence-electron chi connectivity index (χ4n) is 2.02. The lowest BCUT2D eigenvalue weighted by atomic mass is 10.2. The quantitative estimate of drug-likeness (QED) is 0.777. The van der Waals surface area contributed by atoms with Crippen molar-refractivity contribution in [2.24, 2.45) is 0 Å². The highest BCUT2D eigenvalue weighted by atomic mass is 32.2. The first-order chi connectivity index (χ1) is 9.70. The number of rotatable bonds is 7. The molecule has 0 bridgehead atoms. The Morgan fingerprint density at radius 3 is 2.38 bits per heavy atom. The first kappa shape index (κ1) is 17.9. The van der Waals surface area contributed by atoms with Gasteiger partial charge >= 0.3 is 0 Å². The van der Waals surface area contributed by atoms with Gasteiger partial charge in [0.1, 0.15) is 10.7 Å². The van der Waals surface area contributed by atoms with E-state index in [1.165, 1.54) is 10.4 Å². The third kappa shape index (κ3) is 4.39. The molecule has 0 unspecified atom stereocenters. The van der Waals surface area contributed by atoms with Gasteiger partial charge in [0.15, 0.2) is 0 Å². The van der Waals surface area contributed by atoms with E-state index in [-0.39, 0.29) is 10.6 Å². The van der Waals surface area contributed by atoms with E-state index in [1.807, 2.05) is 19.0 Å². The largest absolute Gasteiger partial charge is 0.398 e. The Balaban J connectivity index is 3.05. The van der Waals surface area contributed by atoms with Crippen molar-refractivity contribution in [1.82, 2.24) is 9.21 Å². The SMILES string of the molecule is CCN(CCCN(C)C)S(=O)(=O)c1cc(N)c(C)cc1F. The van der Waals surface area contributed by atoms with Crippen LogP contribution in [0.2, 0.25) is 0 Å². The second-order valence-corrected chi connectivity index (χ2v) is 7.20. The summed E-state index contributed by atoms with van der Waals surface area (Å²) >= 11 is 0. The van der Waals surface area contributed by atoms with E-state index in [1.54, 1.807) is 13.8 Å². The predicted octanol–water partition coefficient (Wildman–Crippen LogP) is 1.68. The topological polar surface area (TPSA) is 66.6 Å². The van der Waals surface area contributed by atoms with E-state index in [0.717, 1.165) is 12.6 Å². The highest BCUT2D eigenvalue weighted by molar-refractivity contribution is 7.89. The zero-order chi connectivity index (χ0) is 16.2. The van der Waals surface area contributed by atoms with Crippen LogP contribution in [0.1, 0.15) is 18.9 Å². The van der Waals surface area contributed by atoms with Crippen LogP contribution in [-0.4, -0.2) is 51.4 Å². The molecule has 0 aromatic heterocycles. The molecule has 7 heteroatoms. The molecule has 0 radical (unpaired) electrons. The molecule has 120 valence electrons. The molecule has 21 heavy (non-hydrogen) atoms. The van der Waals surface area contributed by atoms with Gasteiger partial charge < -0.3 is 10.6 Å². The number of aryl methyl sites for hydroxylation is 1. The Labute approximate surface area is 126 Å². The maximum atomic E-state index is 14.0. The number of anilines is 1. The fourth-order valence-corrected chi connectivity index (χ4v) is 3.59. The van der Waals surface area contributed by atoms with Gasteiger partial charge in [-0.2, -0.15) is 4.31 Å². The van der Waals surface area contributed by atoms with Crippen molar-refractivity contribution >= 4 is 15.7 Å². The normalized spacial score (nSPS) is 12.3. The summed E-state index contributed by atoms with van der Waals surface area (Å²) in [6.45, 7) is 4.80. The summed E-state index contributed by atoms with van der Waals surface area (Å²) in [5, 5.41) is 0.